The Morgan fingerprint density at radius 3 is 2.69 bits per heavy atom. The van der Waals surface area contributed by atoms with Crippen LogP contribution in [0.5, 0.6) is 0 Å². The number of aryl methyl sites for hydroxylation is 2. The van der Waals surface area contributed by atoms with Crippen molar-refractivity contribution in [1.82, 2.24) is 9.78 Å². The topological polar surface area (TPSA) is 46.9 Å². The Morgan fingerprint density at radius 1 is 1.23 bits per heavy atom. The molecule has 0 aliphatic rings. The van der Waals surface area contributed by atoms with Gasteiger partial charge in [0.05, 0.1) is 10.9 Å². The predicted molar refractivity (Wildman–Crippen MR) is 112 cm³/mol. The first-order valence-corrected chi connectivity index (χ1v) is 10.2. The third kappa shape index (κ3) is 4.41. The molecular weight excluding hydrogens is 382 g/mol. The summed E-state index contributed by atoms with van der Waals surface area (Å²) in [5.74, 6) is -0.0453. The standard InChI is InChI=1S/C19H19N3OS3/c1-12-9-10-13(2)16(11-12)20-17(23)14(3)25-18-21-22(19(24)26-18)15-7-5-4-6-8-15/h4-11,14H,1-3H3,(H,20,23)/t14-/m1/s1. The Labute approximate surface area is 166 Å². The number of carbonyl (C=O) groups is 1. The number of rotatable bonds is 5. The zero-order chi connectivity index (χ0) is 18.7. The van der Waals surface area contributed by atoms with Crippen molar-refractivity contribution in [3.8, 4) is 5.69 Å². The van der Waals surface area contributed by atoms with Gasteiger partial charge in [0.1, 0.15) is 0 Å². The van der Waals surface area contributed by atoms with Crippen LogP contribution in [0.2, 0.25) is 0 Å². The van der Waals surface area contributed by atoms with Crippen molar-refractivity contribution in [2.24, 2.45) is 0 Å². The molecule has 1 heterocycles. The van der Waals surface area contributed by atoms with Crippen molar-refractivity contribution in [3.05, 3.63) is 63.6 Å². The molecule has 134 valence electrons. The van der Waals surface area contributed by atoms with Crippen LogP contribution in [0.25, 0.3) is 5.69 Å². The minimum Gasteiger partial charge on any atom is -0.325 e. The van der Waals surface area contributed by atoms with Gasteiger partial charge in [0.2, 0.25) is 5.91 Å². The van der Waals surface area contributed by atoms with Gasteiger partial charge in [-0.25, -0.2) is 4.68 Å². The maximum absolute atomic E-state index is 12.6. The minimum absolute atomic E-state index is 0.0453. The molecule has 1 N–H and O–H groups in total. The summed E-state index contributed by atoms with van der Waals surface area (Å²) >= 11 is 8.25. The van der Waals surface area contributed by atoms with Gasteiger partial charge in [-0.1, -0.05) is 53.4 Å². The van der Waals surface area contributed by atoms with E-state index >= 15 is 0 Å². The maximum Gasteiger partial charge on any atom is 0.237 e. The number of carbonyl (C=O) groups excluding carboxylic acids is 1. The first-order chi connectivity index (χ1) is 12.4. The Morgan fingerprint density at radius 2 is 1.96 bits per heavy atom. The van der Waals surface area contributed by atoms with Crippen LogP contribution >= 0.6 is 35.3 Å². The van der Waals surface area contributed by atoms with Gasteiger partial charge in [0, 0.05) is 5.69 Å². The van der Waals surface area contributed by atoms with Crippen molar-refractivity contribution in [3.63, 3.8) is 0 Å². The molecule has 0 saturated heterocycles. The molecule has 7 heteroatoms. The zero-order valence-corrected chi connectivity index (χ0v) is 17.2. The highest BCUT2D eigenvalue weighted by atomic mass is 32.2. The van der Waals surface area contributed by atoms with E-state index in [9.17, 15) is 4.79 Å². The van der Waals surface area contributed by atoms with Crippen LogP contribution in [0, 0.1) is 17.8 Å². The number of nitrogens with one attached hydrogen (secondary N) is 1. The number of hydrogen-bond donors (Lipinski definition) is 1. The van der Waals surface area contributed by atoms with Crippen molar-refractivity contribution < 1.29 is 4.79 Å². The summed E-state index contributed by atoms with van der Waals surface area (Å²) in [6.07, 6.45) is 0. The largest absolute Gasteiger partial charge is 0.325 e. The average Bonchev–Trinajstić information content (AvgIpc) is 2.99. The quantitative estimate of drug-likeness (QED) is 0.459. The molecule has 3 aromatic rings. The summed E-state index contributed by atoms with van der Waals surface area (Å²) in [6, 6.07) is 15.8. The van der Waals surface area contributed by atoms with E-state index in [1.54, 1.807) is 4.68 Å². The lowest BCUT2D eigenvalue weighted by molar-refractivity contribution is -0.115. The molecule has 0 radical (unpaired) electrons. The lowest BCUT2D eigenvalue weighted by atomic mass is 10.1. The molecule has 1 aromatic heterocycles. The summed E-state index contributed by atoms with van der Waals surface area (Å²) in [7, 11) is 0. The predicted octanol–water partition coefficient (Wildman–Crippen LogP) is 5.40. The summed E-state index contributed by atoms with van der Waals surface area (Å²) in [4.78, 5) is 12.6. The Hall–Kier alpha value is -1.96. The summed E-state index contributed by atoms with van der Waals surface area (Å²) in [6.45, 7) is 5.87. The SMILES string of the molecule is Cc1ccc(C)c(NC(=O)[C@@H](C)Sc2nn(-c3ccccc3)c(=S)s2)c1. The summed E-state index contributed by atoms with van der Waals surface area (Å²) in [5.41, 5.74) is 3.94. The second kappa shape index (κ2) is 8.16. The number of thioether (sulfide) groups is 1. The molecule has 4 nitrogen and oxygen atoms in total. The normalized spacial score (nSPS) is 12.0. The first-order valence-electron chi connectivity index (χ1n) is 8.14. The van der Waals surface area contributed by atoms with Crippen molar-refractivity contribution in [1.29, 1.82) is 0 Å². The highest BCUT2D eigenvalue weighted by Crippen LogP contribution is 2.28. The van der Waals surface area contributed by atoms with Gasteiger partial charge in [0.15, 0.2) is 8.29 Å². The van der Waals surface area contributed by atoms with Crippen LogP contribution in [0.1, 0.15) is 18.1 Å². The van der Waals surface area contributed by atoms with E-state index < -0.39 is 0 Å². The molecule has 1 atom stereocenters. The Bertz CT molecular complexity index is 979. The van der Waals surface area contributed by atoms with Gasteiger partial charge in [-0.3, -0.25) is 4.79 Å². The molecule has 0 aliphatic carbocycles. The molecule has 1 amide bonds. The molecular formula is C19H19N3OS3. The van der Waals surface area contributed by atoms with Gasteiger partial charge in [-0.05, 0) is 62.3 Å². The molecule has 2 aromatic carbocycles. The average molecular weight is 402 g/mol. The molecule has 26 heavy (non-hydrogen) atoms. The van der Waals surface area contributed by atoms with Crippen LogP contribution in [0.3, 0.4) is 0 Å². The molecule has 0 fully saturated rings. The number of amides is 1. The first kappa shape index (κ1) is 18.8. The maximum atomic E-state index is 12.6. The lowest BCUT2D eigenvalue weighted by Gasteiger charge is -2.13. The van der Waals surface area contributed by atoms with Gasteiger partial charge in [-0.2, -0.15) is 0 Å². The van der Waals surface area contributed by atoms with Crippen molar-refractivity contribution >= 4 is 46.9 Å². The van der Waals surface area contributed by atoms with Crippen molar-refractivity contribution in [2.75, 3.05) is 5.32 Å². The number of benzene rings is 2. The van der Waals surface area contributed by atoms with Gasteiger partial charge in [-0.15, -0.1) is 5.10 Å². The Kier molecular flexibility index (Phi) is 5.90. The second-order valence-electron chi connectivity index (χ2n) is 5.95. The van der Waals surface area contributed by atoms with E-state index in [1.165, 1.54) is 23.1 Å². The van der Waals surface area contributed by atoms with E-state index in [4.69, 9.17) is 12.2 Å². The molecule has 0 aliphatic heterocycles. The highest BCUT2D eigenvalue weighted by molar-refractivity contribution is 8.02. The third-order valence-electron chi connectivity index (χ3n) is 3.83. The molecule has 3 rings (SSSR count). The smallest absolute Gasteiger partial charge is 0.237 e. The van der Waals surface area contributed by atoms with Crippen LogP contribution in [0.15, 0.2) is 52.9 Å². The summed E-state index contributed by atoms with van der Waals surface area (Å²) < 4.78 is 3.18. The number of hydrogen-bond acceptors (Lipinski definition) is 5. The van der Waals surface area contributed by atoms with E-state index in [1.807, 2.05) is 69.3 Å². The fourth-order valence-corrected chi connectivity index (χ4v) is 4.86. The van der Waals surface area contributed by atoms with E-state index in [0.717, 1.165) is 26.8 Å². The van der Waals surface area contributed by atoms with Gasteiger partial charge >= 0.3 is 0 Å². The number of aromatic nitrogens is 2. The monoisotopic (exact) mass is 401 g/mol. The number of para-hydroxylation sites is 1. The van der Waals surface area contributed by atoms with E-state index in [-0.39, 0.29) is 11.2 Å². The van der Waals surface area contributed by atoms with Gasteiger partial charge < -0.3 is 5.32 Å². The Balaban J connectivity index is 1.72. The third-order valence-corrected chi connectivity index (χ3v) is 6.24. The fraction of sp³-hybridized carbons (Fsp3) is 0.211. The van der Waals surface area contributed by atoms with Crippen LogP contribution in [-0.2, 0) is 4.79 Å². The molecule has 0 bridgehead atoms. The van der Waals surface area contributed by atoms with Crippen LogP contribution in [-0.4, -0.2) is 20.9 Å². The molecule has 0 unspecified atom stereocenters. The second-order valence-corrected chi connectivity index (χ2v) is 9.16. The van der Waals surface area contributed by atoms with Crippen molar-refractivity contribution in [2.45, 2.75) is 30.4 Å². The summed E-state index contributed by atoms with van der Waals surface area (Å²) in [5, 5.41) is 7.29. The van der Waals surface area contributed by atoms with Crippen LogP contribution in [0.4, 0.5) is 5.69 Å². The fourth-order valence-electron chi connectivity index (χ4n) is 2.35. The van der Waals surface area contributed by atoms with Crippen LogP contribution < -0.4 is 5.32 Å². The number of nitrogens with zero attached hydrogens (tertiary/aromatic N) is 2. The molecule has 0 saturated carbocycles. The van der Waals surface area contributed by atoms with E-state index in [2.05, 4.69) is 10.4 Å². The highest BCUT2D eigenvalue weighted by Gasteiger charge is 2.18. The van der Waals surface area contributed by atoms with Gasteiger partial charge in [0.25, 0.3) is 0 Å². The lowest BCUT2D eigenvalue weighted by Crippen LogP contribution is -2.22. The zero-order valence-electron chi connectivity index (χ0n) is 14.7. The minimum atomic E-state index is -0.278. The van der Waals surface area contributed by atoms with E-state index in [0.29, 0.717) is 3.95 Å². The molecule has 0 spiro atoms. The number of anilines is 1.